The van der Waals surface area contributed by atoms with Crippen molar-refractivity contribution in [2.24, 2.45) is 11.8 Å². The van der Waals surface area contributed by atoms with Crippen molar-refractivity contribution in [2.45, 2.75) is 109 Å². The second-order valence-corrected chi connectivity index (χ2v) is 8.76. The normalized spacial score (nSPS) is 25.3. The molecule has 0 aromatic heterocycles. The molecule has 6 heteroatoms. The van der Waals surface area contributed by atoms with Crippen molar-refractivity contribution in [1.29, 1.82) is 0 Å². The molecule has 166 valence electrons. The zero-order chi connectivity index (χ0) is 21.1. The van der Waals surface area contributed by atoms with Crippen LogP contribution in [0, 0.1) is 11.8 Å². The number of ether oxygens (including phenoxy) is 1. The van der Waals surface area contributed by atoms with Gasteiger partial charge in [0.25, 0.3) is 0 Å². The minimum atomic E-state index is -0.718. The van der Waals surface area contributed by atoms with Crippen molar-refractivity contribution >= 4 is 17.7 Å². The van der Waals surface area contributed by atoms with E-state index in [4.69, 9.17) is 9.84 Å². The Bertz CT molecular complexity index is 535. The lowest BCUT2D eigenvalue weighted by Gasteiger charge is -2.28. The van der Waals surface area contributed by atoms with Crippen LogP contribution in [-0.4, -0.2) is 41.5 Å². The molecule has 2 saturated heterocycles. The minimum absolute atomic E-state index is 0.0240. The molecule has 0 aromatic carbocycles. The van der Waals surface area contributed by atoms with Crippen LogP contribution in [0.15, 0.2) is 0 Å². The monoisotopic (exact) mass is 409 g/mol. The topological polar surface area (TPSA) is 92.7 Å². The van der Waals surface area contributed by atoms with E-state index in [0.29, 0.717) is 43.7 Å². The number of Topliss-reactive ketones (excluding diaryl/α,β-unsaturated/α-hetero) is 1. The molecular formula is C23H39NO5. The average molecular weight is 410 g/mol. The second-order valence-electron chi connectivity index (χ2n) is 8.76. The van der Waals surface area contributed by atoms with Crippen LogP contribution in [0.5, 0.6) is 0 Å². The second kappa shape index (κ2) is 13.0. The third kappa shape index (κ3) is 8.45. The Hall–Kier alpha value is -1.43. The molecule has 2 rings (SSSR count). The number of hydrogen-bond donors (Lipinski definition) is 2. The standard InChI is InChI=1S/C23H39NO5/c1-2-3-6-9-17(25)12-15-22(26)24-16-19-18(20-13-14-21(19)29-20)10-7-4-5-8-11-23(27)28/h18-21H,2-16H2,1H3,(H,24,26)(H,27,28). The number of carboxylic acid groups (broad SMARTS) is 1. The van der Waals surface area contributed by atoms with Gasteiger partial charge in [0.05, 0.1) is 12.2 Å². The third-order valence-corrected chi connectivity index (χ3v) is 6.49. The smallest absolute Gasteiger partial charge is 0.303 e. The molecule has 2 aliphatic heterocycles. The molecule has 29 heavy (non-hydrogen) atoms. The van der Waals surface area contributed by atoms with E-state index >= 15 is 0 Å². The summed E-state index contributed by atoms with van der Waals surface area (Å²) in [4.78, 5) is 34.6. The summed E-state index contributed by atoms with van der Waals surface area (Å²) in [6, 6.07) is 0. The van der Waals surface area contributed by atoms with Crippen molar-refractivity contribution in [3.8, 4) is 0 Å². The van der Waals surface area contributed by atoms with Crippen LogP contribution in [0.4, 0.5) is 0 Å². The number of fused-ring (bicyclic) bond motifs is 2. The van der Waals surface area contributed by atoms with Crippen molar-refractivity contribution in [2.75, 3.05) is 6.54 Å². The number of carbonyl (C=O) groups is 3. The van der Waals surface area contributed by atoms with Crippen LogP contribution in [0.2, 0.25) is 0 Å². The van der Waals surface area contributed by atoms with Gasteiger partial charge in [-0.15, -0.1) is 0 Å². The van der Waals surface area contributed by atoms with Crippen molar-refractivity contribution in [3.63, 3.8) is 0 Å². The lowest BCUT2D eigenvalue weighted by Crippen LogP contribution is -2.38. The van der Waals surface area contributed by atoms with Crippen LogP contribution >= 0.6 is 0 Å². The molecule has 0 spiro atoms. The first-order chi connectivity index (χ1) is 14.0. The first-order valence-corrected chi connectivity index (χ1v) is 11.7. The fourth-order valence-electron chi connectivity index (χ4n) is 4.83. The summed E-state index contributed by atoms with van der Waals surface area (Å²) >= 11 is 0. The van der Waals surface area contributed by atoms with Gasteiger partial charge in [-0.1, -0.05) is 39.0 Å². The summed E-state index contributed by atoms with van der Waals surface area (Å²) in [5.41, 5.74) is 0. The molecular weight excluding hydrogens is 370 g/mol. The summed E-state index contributed by atoms with van der Waals surface area (Å²) in [6.07, 6.45) is 12.3. The maximum absolute atomic E-state index is 12.2. The largest absolute Gasteiger partial charge is 0.481 e. The van der Waals surface area contributed by atoms with Gasteiger partial charge in [0.15, 0.2) is 0 Å². The van der Waals surface area contributed by atoms with E-state index in [1.165, 1.54) is 0 Å². The molecule has 2 bridgehead atoms. The summed E-state index contributed by atoms with van der Waals surface area (Å²) in [5.74, 6) is 0.313. The van der Waals surface area contributed by atoms with Crippen LogP contribution in [0.1, 0.15) is 96.8 Å². The zero-order valence-electron chi connectivity index (χ0n) is 18.0. The number of unbranched alkanes of at least 4 members (excludes halogenated alkanes) is 5. The maximum atomic E-state index is 12.2. The Morgan fingerprint density at radius 3 is 2.28 bits per heavy atom. The van der Waals surface area contributed by atoms with Gasteiger partial charge >= 0.3 is 5.97 Å². The summed E-state index contributed by atoms with van der Waals surface area (Å²) < 4.78 is 6.11. The summed E-state index contributed by atoms with van der Waals surface area (Å²) in [7, 11) is 0. The molecule has 4 atom stereocenters. The van der Waals surface area contributed by atoms with E-state index in [9.17, 15) is 14.4 Å². The molecule has 0 aliphatic carbocycles. The van der Waals surface area contributed by atoms with Crippen LogP contribution in [0.3, 0.4) is 0 Å². The Balaban J connectivity index is 1.63. The van der Waals surface area contributed by atoms with Gasteiger partial charge in [0.1, 0.15) is 5.78 Å². The SMILES string of the molecule is CCCCCC(=O)CCC(=O)NCC1C2CCC(O2)C1CCCCCCC(=O)O. The number of nitrogens with one attached hydrogen (secondary N) is 1. The summed E-state index contributed by atoms with van der Waals surface area (Å²) in [5, 5.41) is 11.7. The third-order valence-electron chi connectivity index (χ3n) is 6.49. The fraction of sp³-hybridized carbons (Fsp3) is 0.870. The van der Waals surface area contributed by atoms with Crippen LogP contribution in [0.25, 0.3) is 0 Å². The van der Waals surface area contributed by atoms with Crippen molar-refractivity contribution in [1.82, 2.24) is 5.32 Å². The average Bonchev–Trinajstić information content (AvgIpc) is 3.29. The molecule has 1 amide bonds. The first kappa shape index (κ1) is 23.8. The number of amides is 1. The highest BCUT2D eigenvalue weighted by molar-refractivity contribution is 5.84. The molecule has 2 N–H and O–H groups in total. The first-order valence-electron chi connectivity index (χ1n) is 11.7. The van der Waals surface area contributed by atoms with Crippen LogP contribution in [-0.2, 0) is 19.1 Å². The van der Waals surface area contributed by atoms with E-state index in [2.05, 4.69) is 12.2 Å². The number of hydrogen-bond acceptors (Lipinski definition) is 4. The predicted molar refractivity (Wildman–Crippen MR) is 112 cm³/mol. The van der Waals surface area contributed by atoms with Gasteiger partial charge < -0.3 is 15.2 Å². The number of ketones is 1. The molecule has 0 aromatic rings. The van der Waals surface area contributed by atoms with Gasteiger partial charge in [-0.05, 0) is 38.0 Å². The molecule has 2 fully saturated rings. The highest BCUT2D eigenvalue weighted by Crippen LogP contribution is 2.45. The van der Waals surface area contributed by atoms with E-state index < -0.39 is 5.97 Å². The number of carboxylic acids is 1. The Kier molecular flexibility index (Phi) is 10.7. The maximum Gasteiger partial charge on any atom is 0.303 e. The van der Waals surface area contributed by atoms with E-state index in [1.54, 1.807) is 0 Å². The predicted octanol–water partition coefficient (Wildman–Crippen LogP) is 4.25. The molecule has 2 aliphatic rings. The number of rotatable bonds is 16. The van der Waals surface area contributed by atoms with Gasteiger partial charge in [-0.3, -0.25) is 14.4 Å². The zero-order valence-corrected chi connectivity index (χ0v) is 18.0. The molecule has 0 saturated carbocycles. The van der Waals surface area contributed by atoms with E-state index in [0.717, 1.165) is 64.2 Å². The fourth-order valence-corrected chi connectivity index (χ4v) is 4.83. The lowest BCUT2D eigenvalue weighted by molar-refractivity contribution is -0.137. The number of carbonyl (C=O) groups excluding carboxylic acids is 2. The Morgan fingerprint density at radius 1 is 0.862 bits per heavy atom. The highest BCUT2D eigenvalue weighted by atomic mass is 16.5. The number of aliphatic carboxylic acids is 1. The van der Waals surface area contributed by atoms with Crippen molar-refractivity contribution in [3.05, 3.63) is 0 Å². The van der Waals surface area contributed by atoms with Gasteiger partial charge in [-0.2, -0.15) is 0 Å². The molecule has 2 heterocycles. The molecule has 4 unspecified atom stereocenters. The lowest BCUT2D eigenvalue weighted by atomic mass is 9.76. The van der Waals surface area contributed by atoms with Gasteiger partial charge in [-0.25, -0.2) is 0 Å². The quantitative estimate of drug-likeness (QED) is 0.372. The van der Waals surface area contributed by atoms with E-state index in [1.807, 2.05) is 0 Å². The molecule has 0 radical (unpaired) electrons. The van der Waals surface area contributed by atoms with E-state index in [-0.39, 0.29) is 24.2 Å². The molecule has 6 nitrogen and oxygen atoms in total. The highest BCUT2D eigenvalue weighted by Gasteiger charge is 2.48. The van der Waals surface area contributed by atoms with Gasteiger partial charge in [0.2, 0.25) is 5.91 Å². The van der Waals surface area contributed by atoms with Crippen molar-refractivity contribution < 1.29 is 24.2 Å². The Labute approximate surface area is 175 Å². The Morgan fingerprint density at radius 2 is 1.55 bits per heavy atom. The van der Waals surface area contributed by atoms with Crippen LogP contribution < -0.4 is 5.32 Å². The summed E-state index contributed by atoms with van der Waals surface area (Å²) in [6.45, 7) is 2.76. The van der Waals surface area contributed by atoms with Gasteiger partial charge in [0, 0.05) is 38.1 Å². The minimum Gasteiger partial charge on any atom is -0.481 e.